The number of aromatic nitrogens is 1. The molecule has 4 heteroatoms. The zero-order valence-electron chi connectivity index (χ0n) is 13.6. The molecule has 1 N–H and O–H groups in total. The molecule has 0 aliphatic carbocycles. The molecule has 3 rings (SSSR count). The number of nitrogens with one attached hydrogen (secondary N) is 1. The summed E-state index contributed by atoms with van der Waals surface area (Å²) in [5.74, 6) is -0.120. The Morgan fingerprint density at radius 2 is 1.79 bits per heavy atom. The molecule has 0 saturated carbocycles. The second-order valence-electron chi connectivity index (χ2n) is 5.59. The maximum atomic E-state index is 12.6. The number of methoxy groups -OCH3 is 1. The van der Waals surface area contributed by atoms with Crippen LogP contribution in [0.4, 0.5) is 5.69 Å². The van der Waals surface area contributed by atoms with Crippen LogP contribution in [0.5, 0.6) is 0 Å². The van der Waals surface area contributed by atoms with Crippen molar-refractivity contribution >= 4 is 11.6 Å². The smallest absolute Gasteiger partial charge is 0.272 e. The normalized spacial score (nSPS) is 10.5. The van der Waals surface area contributed by atoms with Crippen molar-refractivity contribution in [2.24, 2.45) is 0 Å². The Morgan fingerprint density at radius 3 is 2.58 bits per heavy atom. The van der Waals surface area contributed by atoms with Crippen molar-refractivity contribution < 1.29 is 9.53 Å². The second-order valence-corrected chi connectivity index (χ2v) is 5.59. The van der Waals surface area contributed by atoms with Gasteiger partial charge in [0, 0.05) is 25.5 Å². The van der Waals surface area contributed by atoms with Gasteiger partial charge in [0.05, 0.1) is 6.61 Å². The first-order valence-electron chi connectivity index (χ1n) is 7.84. The van der Waals surface area contributed by atoms with Crippen molar-refractivity contribution in [2.45, 2.75) is 13.2 Å². The third-order valence-electron chi connectivity index (χ3n) is 3.75. The van der Waals surface area contributed by atoms with Crippen LogP contribution in [0.3, 0.4) is 0 Å². The van der Waals surface area contributed by atoms with Crippen LogP contribution in [0.25, 0.3) is 0 Å². The van der Waals surface area contributed by atoms with Crippen molar-refractivity contribution in [3.05, 3.63) is 89.7 Å². The van der Waals surface area contributed by atoms with E-state index in [4.69, 9.17) is 4.74 Å². The zero-order chi connectivity index (χ0) is 16.8. The topological polar surface area (TPSA) is 43.3 Å². The molecule has 1 heterocycles. The Hall–Kier alpha value is -2.85. The van der Waals surface area contributed by atoms with Crippen LogP contribution < -0.4 is 5.32 Å². The third-order valence-corrected chi connectivity index (χ3v) is 3.75. The molecule has 2 aromatic carbocycles. The monoisotopic (exact) mass is 320 g/mol. The van der Waals surface area contributed by atoms with E-state index >= 15 is 0 Å². The number of ether oxygens (including phenoxy) is 1. The quantitative estimate of drug-likeness (QED) is 0.747. The van der Waals surface area contributed by atoms with Crippen molar-refractivity contribution in [3.63, 3.8) is 0 Å². The molecule has 0 unspecified atom stereocenters. The van der Waals surface area contributed by atoms with Crippen LogP contribution in [-0.4, -0.2) is 17.6 Å². The number of rotatable bonds is 6. The Kier molecular flexibility index (Phi) is 5.08. The molecular formula is C20H20N2O2. The lowest BCUT2D eigenvalue weighted by Gasteiger charge is -2.11. The van der Waals surface area contributed by atoms with Crippen LogP contribution in [0.2, 0.25) is 0 Å². The number of hydrogen-bond donors (Lipinski definition) is 1. The van der Waals surface area contributed by atoms with Gasteiger partial charge in [0.2, 0.25) is 0 Å². The van der Waals surface area contributed by atoms with Crippen LogP contribution in [0.15, 0.2) is 72.9 Å². The molecule has 0 aliphatic rings. The van der Waals surface area contributed by atoms with E-state index in [1.54, 1.807) is 7.11 Å². The summed E-state index contributed by atoms with van der Waals surface area (Å²) in [5, 5.41) is 2.95. The number of carbonyl (C=O) groups is 1. The molecule has 0 spiro atoms. The highest BCUT2D eigenvalue weighted by atomic mass is 16.5. The van der Waals surface area contributed by atoms with Gasteiger partial charge in [-0.1, -0.05) is 42.5 Å². The third kappa shape index (κ3) is 3.91. The van der Waals surface area contributed by atoms with E-state index < -0.39 is 0 Å². The van der Waals surface area contributed by atoms with Gasteiger partial charge < -0.3 is 14.6 Å². The molecule has 0 atom stereocenters. The number of hydrogen-bond acceptors (Lipinski definition) is 2. The van der Waals surface area contributed by atoms with Gasteiger partial charge in [0.15, 0.2) is 0 Å². The Bertz CT molecular complexity index is 809. The largest absolute Gasteiger partial charge is 0.380 e. The van der Waals surface area contributed by atoms with Gasteiger partial charge >= 0.3 is 0 Å². The van der Waals surface area contributed by atoms with E-state index in [0.29, 0.717) is 18.8 Å². The van der Waals surface area contributed by atoms with Crippen molar-refractivity contribution in [3.8, 4) is 0 Å². The van der Waals surface area contributed by atoms with Crippen molar-refractivity contribution in [1.29, 1.82) is 0 Å². The molecule has 0 bridgehead atoms. The summed E-state index contributed by atoms with van der Waals surface area (Å²) in [5.41, 5.74) is 3.58. The van der Waals surface area contributed by atoms with Crippen LogP contribution >= 0.6 is 0 Å². The maximum Gasteiger partial charge on any atom is 0.272 e. The minimum Gasteiger partial charge on any atom is -0.380 e. The fraction of sp³-hybridized carbons (Fsp3) is 0.150. The lowest BCUT2D eigenvalue weighted by Crippen LogP contribution is -2.17. The van der Waals surface area contributed by atoms with E-state index in [-0.39, 0.29) is 5.91 Å². The number of carbonyl (C=O) groups excluding carboxylic acids is 1. The van der Waals surface area contributed by atoms with E-state index in [0.717, 1.165) is 16.8 Å². The SMILES string of the molecule is COCc1cccc(NC(=O)c2cccn2Cc2ccccc2)c1. The molecule has 0 aliphatic heterocycles. The van der Waals surface area contributed by atoms with E-state index in [1.165, 1.54) is 0 Å². The number of benzene rings is 2. The van der Waals surface area contributed by atoms with Crippen LogP contribution in [0.1, 0.15) is 21.6 Å². The number of anilines is 1. The molecule has 3 aromatic rings. The summed E-state index contributed by atoms with van der Waals surface area (Å²) >= 11 is 0. The highest BCUT2D eigenvalue weighted by Crippen LogP contribution is 2.14. The summed E-state index contributed by atoms with van der Waals surface area (Å²) in [4.78, 5) is 12.6. The molecule has 0 fully saturated rings. The standard InChI is InChI=1S/C20H20N2O2/c1-24-15-17-9-5-10-18(13-17)21-20(23)19-11-6-12-22(19)14-16-7-3-2-4-8-16/h2-13H,14-15H2,1H3,(H,21,23). The summed E-state index contributed by atoms with van der Waals surface area (Å²) in [6.07, 6.45) is 1.92. The highest BCUT2D eigenvalue weighted by molar-refractivity contribution is 6.03. The predicted octanol–water partition coefficient (Wildman–Crippen LogP) is 3.94. The van der Waals surface area contributed by atoms with E-state index in [2.05, 4.69) is 17.4 Å². The Balaban J connectivity index is 1.74. The summed E-state index contributed by atoms with van der Waals surface area (Å²) in [7, 11) is 1.65. The van der Waals surface area contributed by atoms with Crippen LogP contribution in [-0.2, 0) is 17.9 Å². The van der Waals surface area contributed by atoms with Gasteiger partial charge in [-0.2, -0.15) is 0 Å². The lowest BCUT2D eigenvalue weighted by molar-refractivity contribution is 0.101. The highest BCUT2D eigenvalue weighted by Gasteiger charge is 2.11. The predicted molar refractivity (Wildman–Crippen MR) is 95.1 cm³/mol. The Morgan fingerprint density at radius 1 is 1.00 bits per heavy atom. The van der Waals surface area contributed by atoms with Crippen molar-refractivity contribution in [1.82, 2.24) is 4.57 Å². The molecule has 1 aromatic heterocycles. The first-order chi connectivity index (χ1) is 11.8. The minimum absolute atomic E-state index is 0.120. The molecule has 1 amide bonds. The van der Waals surface area contributed by atoms with E-state index in [9.17, 15) is 4.79 Å². The number of amides is 1. The van der Waals surface area contributed by atoms with Gasteiger partial charge in [-0.15, -0.1) is 0 Å². The zero-order valence-corrected chi connectivity index (χ0v) is 13.6. The molecular weight excluding hydrogens is 300 g/mol. The van der Waals surface area contributed by atoms with Crippen LogP contribution in [0, 0.1) is 0 Å². The fourth-order valence-corrected chi connectivity index (χ4v) is 2.64. The molecule has 122 valence electrons. The summed E-state index contributed by atoms with van der Waals surface area (Å²) < 4.78 is 7.08. The van der Waals surface area contributed by atoms with Gasteiger partial charge in [0.25, 0.3) is 5.91 Å². The first-order valence-corrected chi connectivity index (χ1v) is 7.84. The first kappa shape index (κ1) is 16.0. The second kappa shape index (κ2) is 7.62. The molecule has 0 saturated heterocycles. The maximum absolute atomic E-state index is 12.6. The number of nitrogens with zero attached hydrogens (tertiary/aromatic N) is 1. The van der Waals surface area contributed by atoms with E-state index in [1.807, 2.05) is 65.4 Å². The summed E-state index contributed by atoms with van der Waals surface area (Å²) in [6.45, 7) is 1.19. The Labute approximate surface area is 141 Å². The van der Waals surface area contributed by atoms with Gasteiger partial charge in [-0.25, -0.2) is 0 Å². The van der Waals surface area contributed by atoms with Gasteiger partial charge in [-0.3, -0.25) is 4.79 Å². The average Bonchev–Trinajstić information content (AvgIpc) is 3.05. The fourth-order valence-electron chi connectivity index (χ4n) is 2.64. The molecule has 0 radical (unpaired) electrons. The molecule has 4 nitrogen and oxygen atoms in total. The molecule has 24 heavy (non-hydrogen) atoms. The van der Waals surface area contributed by atoms with Gasteiger partial charge in [0.1, 0.15) is 5.69 Å². The minimum atomic E-state index is -0.120. The summed E-state index contributed by atoms with van der Waals surface area (Å²) in [6, 6.07) is 21.5. The van der Waals surface area contributed by atoms with Gasteiger partial charge in [-0.05, 0) is 35.4 Å². The average molecular weight is 320 g/mol. The van der Waals surface area contributed by atoms with Crippen molar-refractivity contribution in [2.75, 3.05) is 12.4 Å². The lowest BCUT2D eigenvalue weighted by atomic mass is 10.2.